The molecular formula is C23H34O5. The maximum absolute atomic E-state index is 13.4. The van der Waals surface area contributed by atoms with E-state index in [0.717, 1.165) is 19.3 Å². The molecule has 4 rings (SSSR count). The molecule has 8 atom stereocenters. The van der Waals surface area contributed by atoms with Gasteiger partial charge in [-0.1, -0.05) is 34.3 Å². The summed E-state index contributed by atoms with van der Waals surface area (Å²) in [4.78, 5) is 25.6. The summed E-state index contributed by atoms with van der Waals surface area (Å²) in [6, 6.07) is 0. The zero-order chi connectivity index (χ0) is 20.6. The second kappa shape index (κ2) is 6.15. The summed E-state index contributed by atoms with van der Waals surface area (Å²) in [5, 5.41) is 22.5. The number of aliphatic hydroxyl groups is 2. The van der Waals surface area contributed by atoms with Gasteiger partial charge in [-0.3, -0.25) is 9.59 Å². The molecule has 0 aromatic carbocycles. The first kappa shape index (κ1) is 20.1. The minimum Gasteiger partial charge on any atom is -0.462 e. The lowest BCUT2D eigenvalue weighted by Gasteiger charge is -2.66. The van der Waals surface area contributed by atoms with Crippen molar-refractivity contribution in [3.63, 3.8) is 0 Å². The zero-order valence-corrected chi connectivity index (χ0v) is 17.5. The quantitative estimate of drug-likeness (QED) is 0.559. The van der Waals surface area contributed by atoms with Crippen LogP contribution < -0.4 is 0 Å². The Morgan fingerprint density at radius 3 is 2.50 bits per heavy atom. The van der Waals surface area contributed by atoms with Gasteiger partial charge in [-0.25, -0.2) is 0 Å². The van der Waals surface area contributed by atoms with Crippen LogP contribution in [-0.4, -0.2) is 40.3 Å². The number of hydrogen-bond acceptors (Lipinski definition) is 5. The molecule has 5 nitrogen and oxygen atoms in total. The number of aliphatic hydroxyl groups excluding tert-OH is 2. The van der Waals surface area contributed by atoms with E-state index in [0.29, 0.717) is 24.8 Å². The van der Waals surface area contributed by atoms with Crippen LogP contribution in [0.2, 0.25) is 0 Å². The first-order valence-corrected chi connectivity index (χ1v) is 10.8. The first-order chi connectivity index (χ1) is 13.0. The molecule has 0 unspecified atom stereocenters. The van der Waals surface area contributed by atoms with Gasteiger partial charge in [-0.15, -0.1) is 0 Å². The molecule has 0 aromatic rings. The Morgan fingerprint density at radius 1 is 1.18 bits per heavy atom. The van der Waals surface area contributed by atoms with E-state index >= 15 is 0 Å². The largest absolute Gasteiger partial charge is 0.462 e. The predicted octanol–water partition coefficient (Wildman–Crippen LogP) is 3.03. The van der Waals surface area contributed by atoms with Gasteiger partial charge in [-0.2, -0.15) is 0 Å². The van der Waals surface area contributed by atoms with E-state index in [-0.39, 0.29) is 41.0 Å². The van der Waals surface area contributed by atoms with Gasteiger partial charge in [0.05, 0.1) is 17.6 Å². The van der Waals surface area contributed by atoms with Crippen LogP contribution in [0.1, 0.15) is 66.2 Å². The average molecular weight is 391 g/mol. The van der Waals surface area contributed by atoms with Crippen molar-refractivity contribution in [1.82, 2.24) is 0 Å². The fourth-order valence-electron chi connectivity index (χ4n) is 7.73. The maximum Gasteiger partial charge on any atom is 0.305 e. The molecule has 4 aliphatic rings. The Kier molecular flexibility index (Phi) is 4.41. The Hall–Kier alpha value is -1.20. The van der Waals surface area contributed by atoms with Crippen molar-refractivity contribution in [2.45, 2.75) is 84.5 Å². The highest BCUT2D eigenvalue weighted by molar-refractivity contribution is 6.04. The summed E-state index contributed by atoms with van der Waals surface area (Å²) in [5.41, 5.74) is -1.23. The van der Waals surface area contributed by atoms with Crippen molar-refractivity contribution in [3.8, 4) is 0 Å². The maximum atomic E-state index is 13.4. The Balaban J connectivity index is 1.87. The molecule has 156 valence electrons. The van der Waals surface area contributed by atoms with E-state index in [2.05, 4.69) is 27.4 Å². The lowest BCUT2D eigenvalue weighted by atomic mass is 9.39. The van der Waals surface area contributed by atoms with Gasteiger partial charge in [-0.05, 0) is 54.9 Å². The normalized spacial score (nSPS) is 49.4. The topological polar surface area (TPSA) is 83.8 Å². The van der Waals surface area contributed by atoms with E-state index in [1.54, 1.807) is 6.92 Å². The van der Waals surface area contributed by atoms with Gasteiger partial charge < -0.3 is 14.9 Å². The van der Waals surface area contributed by atoms with Gasteiger partial charge >= 0.3 is 5.97 Å². The number of hydrogen-bond donors (Lipinski definition) is 2. The molecule has 0 heterocycles. The molecule has 28 heavy (non-hydrogen) atoms. The van der Waals surface area contributed by atoms with Crippen molar-refractivity contribution in [2.24, 2.45) is 34.0 Å². The molecule has 0 amide bonds. The van der Waals surface area contributed by atoms with Crippen LogP contribution >= 0.6 is 0 Å². The number of carbonyl (C=O) groups excluding carboxylic acids is 2. The Bertz CT molecular complexity index is 727. The monoisotopic (exact) mass is 390 g/mol. The molecule has 0 radical (unpaired) electrons. The molecule has 4 fully saturated rings. The molecule has 4 aliphatic carbocycles. The van der Waals surface area contributed by atoms with Crippen LogP contribution in [-0.2, 0) is 14.3 Å². The van der Waals surface area contributed by atoms with Crippen LogP contribution in [0, 0.1) is 34.0 Å². The van der Waals surface area contributed by atoms with Gasteiger partial charge in [0, 0.05) is 17.8 Å². The fourth-order valence-corrected chi connectivity index (χ4v) is 7.73. The van der Waals surface area contributed by atoms with Crippen molar-refractivity contribution >= 4 is 11.8 Å². The van der Waals surface area contributed by atoms with Crippen LogP contribution in [0.5, 0.6) is 0 Å². The van der Waals surface area contributed by atoms with E-state index < -0.39 is 23.0 Å². The number of Topliss-reactive ketones (excluding diaryl/α,β-unsaturated/α-hetero) is 1. The van der Waals surface area contributed by atoms with Crippen LogP contribution in [0.4, 0.5) is 0 Å². The molecule has 4 saturated carbocycles. The zero-order valence-electron chi connectivity index (χ0n) is 17.5. The minimum atomic E-state index is -1.20. The highest BCUT2D eigenvalue weighted by Gasteiger charge is 2.75. The lowest BCUT2D eigenvalue weighted by molar-refractivity contribution is -0.255. The first-order valence-electron chi connectivity index (χ1n) is 10.8. The third-order valence-corrected chi connectivity index (χ3v) is 9.11. The van der Waals surface area contributed by atoms with Crippen LogP contribution in [0.15, 0.2) is 12.2 Å². The van der Waals surface area contributed by atoms with Gasteiger partial charge in [0.25, 0.3) is 0 Å². The number of carbonyl (C=O) groups is 2. The van der Waals surface area contributed by atoms with Crippen molar-refractivity contribution in [2.75, 3.05) is 0 Å². The standard InChI is InChI=1S/C23H34O5/c1-6-18(25)28-17-9-10-21(3,4)15-11-16(24)23-14(22(15,17)5)8-7-13(20(23)27)12(2)19(23)26/h13-17,20,24,27H,2,6-11H2,1,3-5H3/t13-,14-,15+,16+,17-,20+,22-,23-/m0/s1. The average Bonchev–Trinajstić information content (AvgIpc) is 2.75. The second-order valence-corrected chi connectivity index (χ2v) is 10.5. The highest BCUT2D eigenvalue weighted by atomic mass is 16.5. The van der Waals surface area contributed by atoms with Crippen molar-refractivity contribution < 1.29 is 24.5 Å². The summed E-state index contributed by atoms with van der Waals surface area (Å²) in [6.07, 6.45) is 1.79. The number of ketones is 1. The molecule has 2 N–H and O–H groups in total. The predicted molar refractivity (Wildman–Crippen MR) is 104 cm³/mol. The number of fused-ring (bicyclic) bond motifs is 3. The van der Waals surface area contributed by atoms with Crippen LogP contribution in [0.3, 0.4) is 0 Å². The van der Waals surface area contributed by atoms with E-state index in [4.69, 9.17) is 4.74 Å². The Labute approximate surface area is 167 Å². The van der Waals surface area contributed by atoms with E-state index in [1.807, 2.05) is 0 Å². The summed E-state index contributed by atoms with van der Waals surface area (Å²) in [6.45, 7) is 12.4. The molecule has 0 aliphatic heterocycles. The number of rotatable bonds is 2. The summed E-state index contributed by atoms with van der Waals surface area (Å²) < 4.78 is 5.96. The van der Waals surface area contributed by atoms with Crippen molar-refractivity contribution in [3.05, 3.63) is 12.2 Å². The SMILES string of the molecule is C=C1C(=O)[C@@]23[C@H](O)C[C@@H]4C(C)(C)CC[C@H](OC(=O)CC)[C@@]4(C)[C@@H]2CC[C@@H]1[C@H]3O. The molecule has 2 bridgehead atoms. The fraction of sp³-hybridized carbons (Fsp3) is 0.826. The van der Waals surface area contributed by atoms with Crippen LogP contribution in [0.25, 0.3) is 0 Å². The smallest absolute Gasteiger partial charge is 0.305 e. The molecular weight excluding hydrogens is 356 g/mol. The Morgan fingerprint density at radius 2 is 1.86 bits per heavy atom. The van der Waals surface area contributed by atoms with E-state index in [1.165, 1.54) is 0 Å². The summed E-state index contributed by atoms with van der Waals surface area (Å²) in [5.74, 6) is -0.753. The molecule has 0 saturated heterocycles. The second-order valence-electron chi connectivity index (χ2n) is 10.5. The summed E-state index contributed by atoms with van der Waals surface area (Å²) >= 11 is 0. The van der Waals surface area contributed by atoms with E-state index in [9.17, 15) is 19.8 Å². The number of esters is 1. The molecule has 1 spiro atoms. The molecule has 0 aromatic heterocycles. The van der Waals surface area contributed by atoms with Gasteiger partial charge in [0.15, 0.2) is 5.78 Å². The third-order valence-electron chi connectivity index (χ3n) is 9.11. The van der Waals surface area contributed by atoms with Gasteiger partial charge in [0.1, 0.15) is 6.10 Å². The minimum absolute atomic E-state index is 0.0348. The third kappa shape index (κ3) is 2.21. The summed E-state index contributed by atoms with van der Waals surface area (Å²) in [7, 11) is 0. The molecule has 5 heteroatoms. The van der Waals surface area contributed by atoms with Crippen molar-refractivity contribution in [1.29, 1.82) is 0 Å². The lowest BCUT2D eigenvalue weighted by Crippen LogP contribution is -2.70. The number of ether oxygens (including phenoxy) is 1. The van der Waals surface area contributed by atoms with Gasteiger partial charge in [0.2, 0.25) is 0 Å². The highest BCUT2D eigenvalue weighted by Crippen LogP contribution is 2.71.